The van der Waals surface area contributed by atoms with Crippen LogP contribution in [-0.2, 0) is 12.8 Å². The first-order valence-corrected chi connectivity index (χ1v) is 11.9. The van der Waals surface area contributed by atoms with Crippen LogP contribution in [0, 0.1) is 6.92 Å². The van der Waals surface area contributed by atoms with Gasteiger partial charge in [0.05, 0.1) is 5.69 Å². The predicted octanol–water partition coefficient (Wildman–Crippen LogP) is 4.49. The number of nitrogens with one attached hydrogen (secondary N) is 3. The fourth-order valence-electron chi connectivity index (χ4n) is 3.91. The number of benzene rings is 1. The van der Waals surface area contributed by atoms with Crippen LogP contribution < -0.4 is 15.5 Å². The maximum absolute atomic E-state index is 4.80. The molecule has 0 unspecified atom stereocenters. The van der Waals surface area contributed by atoms with Crippen molar-refractivity contribution in [2.75, 3.05) is 37.6 Å². The summed E-state index contributed by atoms with van der Waals surface area (Å²) in [6.07, 6.45) is 6.53. The molecule has 2 aromatic heterocycles. The molecule has 0 atom stereocenters. The van der Waals surface area contributed by atoms with Crippen molar-refractivity contribution in [3.05, 3.63) is 46.6 Å². The molecule has 4 rings (SSSR count). The molecule has 1 aromatic carbocycles. The summed E-state index contributed by atoms with van der Waals surface area (Å²) in [6, 6.07) is 6.58. The number of aryl methyl sites for hydroxylation is 1. The van der Waals surface area contributed by atoms with Crippen LogP contribution in [0.3, 0.4) is 0 Å². The average molecular weight is 553 g/mol. The van der Waals surface area contributed by atoms with Gasteiger partial charge in [0.1, 0.15) is 0 Å². The second-order valence-electron chi connectivity index (χ2n) is 7.87. The topological polar surface area (TPSA) is 68.3 Å². The smallest absolute Gasteiger partial charge is 0.191 e. The Labute approximate surface area is 206 Å². The number of aromatic amines is 1. The molecule has 3 N–H and O–H groups in total. The number of H-pyrrole nitrogens is 1. The average Bonchev–Trinajstić information content (AvgIpc) is 3.49. The van der Waals surface area contributed by atoms with Crippen molar-refractivity contribution in [1.82, 2.24) is 20.6 Å². The normalized spacial score (nSPS) is 14.1. The highest BCUT2D eigenvalue weighted by Crippen LogP contribution is 2.24. The first-order chi connectivity index (χ1) is 14.7. The highest BCUT2D eigenvalue weighted by molar-refractivity contribution is 14.0. The Balaban J connectivity index is 0.00000272. The van der Waals surface area contributed by atoms with E-state index in [2.05, 4.69) is 64.1 Å². The van der Waals surface area contributed by atoms with Gasteiger partial charge in [0.25, 0.3) is 0 Å². The Morgan fingerprint density at radius 2 is 2.06 bits per heavy atom. The summed E-state index contributed by atoms with van der Waals surface area (Å²) < 4.78 is 0. The van der Waals surface area contributed by atoms with Gasteiger partial charge in [-0.3, -0.25) is 4.99 Å². The molecular formula is C23H33IN6S. The van der Waals surface area contributed by atoms with E-state index in [4.69, 9.17) is 9.98 Å². The minimum atomic E-state index is 0. The third kappa shape index (κ3) is 6.35. The first-order valence-electron chi connectivity index (χ1n) is 11.0. The number of hydrogen-bond donors (Lipinski definition) is 3. The summed E-state index contributed by atoms with van der Waals surface area (Å²) in [6.45, 7) is 8.97. The Hall–Kier alpha value is -1.81. The zero-order chi connectivity index (χ0) is 20.8. The van der Waals surface area contributed by atoms with Crippen molar-refractivity contribution in [2.24, 2.45) is 4.99 Å². The lowest BCUT2D eigenvalue weighted by Gasteiger charge is -2.12. The lowest BCUT2D eigenvalue weighted by Crippen LogP contribution is -2.38. The number of guanidine groups is 1. The van der Waals surface area contributed by atoms with E-state index in [9.17, 15) is 0 Å². The van der Waals surface area contributed by atoms with Crippen LogP contribution in [0.4, 0.5) is 5.13 Å². The molecule has 3 heterocycles. The summed E-state index contributed by atoms with van der Waals surface area (Å²) >= 11 is 1.76. The largest absolute Gasteiger partial charge is 0.361 e. The quantitative estimate of drug-likeness (QED) is 0.219. The van der Waals surface area contributed by atoms with Crippen molar-refractivity contribution < 1.29 is 0 Å². The SMILES string of the molecule is CCNC(=NCCc1csc(N2CCCC2)n1)NCCc1c[nH]c2cc(C)ccc12.I. The maximum Gasteiger partial charge on any atom is 0.191 e. The molecule has 8 heteroatoms. The van der Waals surface area contributed by atoms with Gasteiger partial charge in [0, 0.05) is 61.6 Å². The van der Waals surface area contributed by atoms with E-state index in [1.165, 1.54) is 40.0 Å². The summed E-state index contributed by atoms with van der Waals surface area (Å²) in [7, 11) is 0. The molecule has 0 bridgehead atoms. The number of aromatic nitrogens is 2. The molecule has 0 saturated carbocycles. The monoisotopic (exact) mass is 552 g/mol. The van der Waals surface area contributed by atoms with Crippen molar-refractivity contribution in [2.45, 2.75) is 39.5 Å². The molecule has 1 fully saturated rings. The minimum absolute atomic E-state index is 0. The van der Waals surface area contributed by atoms with Crippen molar-refractivity contribution >= 4 is 57.3 Å². The van der Waals surface area contributed by atoms with Crippen LogP contribution in [0.25, 0.3) is 10.9 Å². The molecule has 168 valence electrons. The standard InChI is InChI=1S/C23H32N6S.HI/c1-3-24-22(25-10-8-18-15-27-21-14-17(2)6-7-20(18)21)26-11-9-19-16-30-23(28-19)29-12-4-5-13-29;/h6-7,14-16,27H,3-5,8-13H2,1-2H3,(H2,24,25,26);1H. The zero-order valence-electron chi connectivity index (χ0n) is 18.4. The molecule has 1 saturated heterocycles. The fraction of sp³-hybridized carbons (Fsp3) is 0.478. The zero-order valence-corrected chi connectivity index (χ0v) is 21.6. The summed E-state index contributed by atoms with van der Waals surface area (Å²) in [4.78, 5) is 15.3. The molecule has 6 nitrogen and oxygen atoms in total. The van der Waals surface area contributed by atoms with E-state index in [1.54, 1.807) is 11.3 Å². The molecule has 0 amide bonds. The van der Waals surface area contributed by atoms with E-state index in [0.29, 0.717) is 0 Å². The van der Waals surface area contributed by atoms with Crippen molar-refractivity contribution in [1.29, 1.82) is 0 Å². The van der Waals surface area contributed by atoms with Gasteiger partial charge in [-0.2, -0.15) is 0 Å². The van der Waals surface area contributed by atoms with Gasteiger partial charge in [-0.15, -0.1) is 35.3 Å². The van der Waals surface area contributed by atoms with Crippen LogP contribution in [0.15, 0.2) is 34.8 Å². The van der Waals surface area contributed by atoms with Crippen LogP contribution >= 0.6 is 35.3 Å². The third-order valence-corrected chi connectivity index (χ3v) is 6.46. The molecule has 0 radical (unpaired) electrons. The number of halogens is 1. The molecule has 3 aromatic rings. The predicted molar refractivity (Wildman–Crippen MR) is 143 cm³/mol. The number of rotatable bonds is 8. The van der Waals surface area contributed by atoms with E-state index < -0.39 is 0 Å². The summed E-state index contributed by atoms with van der Waals surface area (Å²) in [5.41, 5.74) is 4.98. The molecule has 1 aliphatic rings. The van der Waals surface area contributed by atoms with E-state index in [0.717, 1.165) is 57.2 Å². The lowest BCUT2D eigenvalue weighted by molar-refractivity contribution is 0.796. The number of fused-ring (bicyclic) bond motifs is 1. The molecule has 0 aliphatic carbocycles. The van der Waals surface area contributed by atoms with E-state index in [-0.39, 0.29) is 24.0 Å². The Bertz CT molecular complexity index is 989. The maximum atomic E-state index is 4.80. The van der Waals surface area contributed by atoms with Gasteiger partial charge >= 0.3 is 0 Å². The van der Waals surface area contributed by atoms with Crippen molar-refractivity contribution in [3.63, 3.8) is 0 Å². The van der Waals surface area contributed by atoms with E-state index in [1.807, 2.05) is 0 Å². The third-order valence-electron chi connectivity index (χ3n) is 5.51. The number of hydrogen-bond acceptors (Lipinski definition) is 4. The van der Waals surface area contributed by atoms with Gasteiger partial charge in [-0.25, -0.2) is 4.98 Å². The van der Waals surface area contributed by atoms with Crippen LogP contribution in [-0.4, -0.2) is 48.7 Å². The first kappa shape index (κ1) is 23.8. The molecule has 0 spiro atoms. The Morgan fingerprint density at radius 1 is 1.23 bits per heavy atom. The molecule has 31 heavy (non-hydrogen) atoms. The number of nitrogens with zero attached hydrogens (tertiary/aromatic N) is 3. The second kappa shape index (κ2) is 11.7. The second-order valence-corrected chi connectivity index (χ2v) is 8.70. The summed E-state index contributed by atoms with van der Waals surface area (Å²) in [5, 5.41) is 11.5. The molecule has 1 aliphatic heterocycles. The summed E-state index contributed by atoms with van der Waals surface area (Å²) in [5.74, 6) is 0.878. The van der Waals surface area contributed by atoms with Crippen LogP contribution in [0.2, 0.25) is 0 Å². The van der Waals surface area contributed by atoms with Gasteiger partial charge in [-0.1, -0.05) is 12.1 Å². The fourth-order valence-corrected chi connectivity index (χ4v) is 4.82. The van der Waals surface area contributed by atoms with Crippen LogP contribution in [0.1, 0.15) is 36.6 Å². The van der Waals surface area contributed by atoms with Gasteiger partial charge in [-0.05, 0) is 50.3 Å². The Kier molecular flexibility index (Phi) is 9.01. The Morgan fingerprint density at radius 3 is 2.87 bits per heavy atom. The van der Waals surface area contributed by atoms with Crippen molar-refractivity contribution in [3.8, 4) is 0 Å². The van der Waals surface area contributed by atoms with Gasteiger partial charge in [0.2, 0.25) is 0 Å². The van der Waals surface area contributed by atoms with E-state index >= 15 is 0 Å². The van der Waals surface area contributed by atoms with Gasteiger partial charge in [0.15, 0.2) is 11.1 Å². The highest BCUT2D eigenvalue weighted by Gasteiger charge is 2.15. The number of anilines is 1. The number of aliphatic imine (C=N–C) groups is 1. The molecular weight excluding hydrogens is 519 g/mol. The van der Waals surface area contributed by atoms with Crippen LogP contribution in [0.5, 0.6) is 0 Å². The van der Waals surface area contributed by atoms with Gasteiger partial charge < -0.3 is 20.5 Å². The lowest BCUT2D eigenvalue weighted by atomic mass is 10.1. The minimum Gasteiger partial charge on any atom is -0.361 e. The number of thiazole rings is 1. The highest BCUT2D eigenvalue weighted by atomic mass is 127.